The Kier molecular flexibility index (Phi) is 4.36. The highest BCUT2D eigenvalue weighted by Gasteiger charge is 2.30. The minimum absolute atomic E-state index is 0.000974. The van der Waals surface area contributed by atoms with Gasteiger partial charge in [-0.05, 0) is 43.6 Å². The summed E-state index contributed by atoms with van der Waals surface area (Å²) >= 11 is 1.72. The zero-order valence-electron chi connectivity index (χ0n) is 12.8. The van der Waals surface area contributed by atoms with Gasteiger partial charge >= 0.3 is 0 Å². The topological polar surface area (TPSA) is 49.3 Å². The molecule has 0 radical (unpaired) electrons. The standard InChI is InChI=1S/C17H25NO2S/c1-12-5-6-13-14(10-21-15(13)9-12)16(19)18-11-17(20)7-3-2-4-8-17/h10,12,20H,2-9,11H2,1H3,(H,18,19). The second-order valence-electron chi connectivity index (χ2n) is 6.87. The van der Waals surface area contributed by atoms with Crippen LogP contribution in [0.2, 0.25) is 0 Å². The van der Waals surface area contributed by atoms with Crippen LogP contribution < -0.4 is 5.32 Å². The lowest BCUT2D eigenvalue weighted by Gasteiger charge is -2.32. The van der Waals surface area contributed by atoms with Gasteiger partial charge in [-0.2, -0.15) is 0 Å². The van der Waals surface area contributed by atoms with Crippen LogP contribution in [0, 0.1) is 5.92 Å². The van der Waals surface area contributed by atoms with Crippen molar-refractivity contribution in [1.82, 2.24) is 5.32 Å². The Hall–Kier alpha value is -0.870. The number of carbonyl (C=O) groups is 1. The molecule has 1 fully saturated rings. The number of hydrogen-bond donors (Lipinski definition) is 2. The second kappa shape index (κ2) is 6.09. The molecular weight excluding hydrogens is 282 g/mol. The number of thiophene rings is 1. The van der Waals surface area contributed by atoms with Crippen LogP contribution in [0.5, 0.6) is 0 Å². The van der Waals surface area contributed by atoms with Crippen LogP contribution in [0.4, 0.5) is 0 Å². The third kappa shape index (κ3) is 3.32. The highest BCUT2D eigenvalue weighted by Crippen LogP contribution is 2.33. The van der Waals surface area contributed by atoms with E-state index in [1.807, 2.05) is 5.38 Å². The fourth-order valence-corrected chi connectivity index (χ4v) is 4.84. The van der Waals surface area contributed by atoms with Gasteiger partial charge < -0.3 is 10.4 Å². The lowest BCUT2D eigenvalue weighted by molar-refractivity contribution is 0.00525. The number of carbonyl (C=O) groups excluding carboxylic acids is 1. The van der Waals surface area contributed by atoms with Crippen molar-refractivity contribution in [3.63, 3.8) is 0 Å². The molecule has 1 aromatic rings. The first-order chi connectivity index (χ1) is 10.1. The van der Waals surface area contributed by atoms with E-state index in [1.54, 1.807) is 11.3 Å². The molecule has 116 valence electrons. The molecule has 1 amide bonds. The summed E-state index contributed by atoms with van der Waals surface area (Å²) in [6, 6.07) is 0. The summed E-state index contributed by atoms with van der Waals surface area (Å²) in [7, 11) is 0. The monoisotopic (exact) mass is 307 g/mol. The molecule has 0 saturated heterocycles. The maximum absolute atomic E-state index is 12.4. The van der Waals surface area contributed by atoms with Crippen molar-refractivity contribution in [2.45, 2.75) is 63.9 Å². The molecule has 1 aromatic heterocycles. The van der Waals surface area contributed by atoms with Gasteiger partial charge in [0, 0.05) is 16.8 Å². The molecule has 1 saturated carbocycles. The fraction of sp³-hybridized carbons (Fsp3) is 0.706. The van der Waals surface area contributed by atoms with E-state index in [0.29, 0.717) is 6.54 Å². The van der Waals surface area contributed by atoms with Gasteiger partial charge in [0.2, 0.25) is 0 Å². The maximum Gasteiger partial charge on any atom is 0.252 e. The van der Waals surface area contributed by atoms with Crippen LogP contribution in [0.3, 0.4) is 0 Å². The Morgan fingerprint density at radius 1 is 1.43 bits per heavy atom. The molecule has 2 aliphatic carbocycles. The van der Waals surface area contributed by atoms with E-state index in [9.17, 15) is 9.90 Å². The zero-order valence-corrected chi connectivity index (χ0v) is 13.6. The van der Waals surface area contributed by atoms with E-state index >= 15 is 0 Å². The largest absolute Gasteiger partial charge is 0.388 e. The summed E-state index contributed by atoms with van der Waals surface area (Å²) in [6.07, 6.45) is 8.26. The van der Waals surface area contributed by atoms with Crippen molar-refractivity contribution in [3.05, 3.63) is 21.4 Å². The summed E-state index contributed by atoms with van der Waals surface area (Å²) in [4.78, 5) is 13.8. The van der Waals surface area contributed by atoms with Crippen LogP contribution in [0.25, 0.3) is 0 Å². The molecule has 0 aliphatic heterocycles. The van der Waals surface area contributed by atoms with Crippen molar-refractivity contribution >= 4 is 17.2 Å². The van der Waals surface area contributed by atoms with Gasteiger partial charge in [0.05, 0.1) is 11.2 Å². The molecule has 0 bridgehead atoms. The molecule has 3 rings (SSSR count). The average Bonchev–Trinajstić information content (AvgIpc) is 2.88. The lowest BCUT2D eigenvalue weighted by Crippen LogP contribution is -2.44. The average molecular weight is 307 g/mol. The van der Waals surface area contributed by atoms with Gasteiger partial charge in [0.15, 0.2) is 0 Å². The van der Waals surface area contributed by atoms with E-state index in [1.165, 1.54) is 23.3 Å². The summed E-state index contributed by atoms with van der Waals surface area (Å²) in [5.74, 6) is 0.732. The van der Waals surface area contributed by atoms with Crippen molar-refractivity contribution < 1.29 is 9.90 Å². The molecule has 21 heavy (non-hydrogen) atoms. The van der Waals surface area contributed by atoms with Crippen molar-refractivity contribution in [2.75, 3.05) is 6.54 Å². The van der Waals surface area contributed by atoms with Crippen LogP contribution in [-0.4, -0.2) is 23.2 Å². The van der Waals surface area contributed by atoms with Crippen LogP contribution >= 0.6 is 11.3 Å². The predicted octanol–water partition coefficient (Wildman–Crippen LogP) is 3.30. The van der Waals surface area contributed by atoms with E-state index in [0.717, 1.165) is 50.0 Å². The predicted molar refractivity (Wildman–Crippen MR) is 85.9 cm³/mol. The summed E-state index contributed by atoms with van der Waals surface area (Å²) in [5, 5.41) is 15.5. The smallest absolute Gasteiger partial charge is 0.252 e. The Bertz CT molecular complexity index is 517. The van der Waals surface area contributed by atoms with Gasteiger partial charge in [-0.3, -0.25) is 4.79 Å². The molecule has 1 unspecified atom stereocenters. The van der Waals surface area contributed by atoms with Crippen LogP contribution in [-0.2, 0) is 12.8 Å². The Morgan fingerprint density at radius 2 is 2.19 bits per heavy atom. The van der Waals surface area contributed by atoms with Crippen LogP contribution in [0.15, 0.2) is 5.38 Å². The van der Waals surface area contributed by atoms with Gasteiger partial charge in [-0.25, -0.2) is 0 Å². The highest BCUT2D eigenvalue weighted by molar-refractivity contribution is 7.10. The van der Waals surface area contributed by atoms with E-state index < -0.39 is 5.60 Å². The molecule has 4 heteroatoms. The van der Waals surface area contributed by atoms with E-state index in [-0.39, 0.29) is 5.91 Å². The van der Waals surface area contributed by atoms with Gasteiger partial charge in [0.25, 0.3) is 5.91 Å². The first-order valence-corrected chi connectivity index (χ1v) is 9.05. The first kappa shape index (κ1) is 15.0. The van der Waals surface area contributed by atoms with Crippen LogP contribution in [0.1, 0.15) is 66.2 Å². The van der Waals surface area contributed by atoms with Crippen molar-refractivity contribution in [1.29, 1.82) is 0 Å². The minimum Gasteiger partial charge on any atom is -0.388 e. The van der Waals surface area contributed by atoms with Gasteiger partial charge in [-0.15, -0.1) is 11.3 Å². The number of rotatable bonds is 3. The highest BCUT2D eigenvalue weighted by atomic mass is 32.1. The minimum atomic E-state index is -0.682. The molecular formula is C17H25NO2S. The number of hydrogen-bond acceptors (Lipinski definition) is 3. The Labute approximate surface area is 130 Å². The molecule has 2 N–H and O–H groups in total. The van der Waals surface area contributed by atoms with E-state index in [2.05, 4.69) is 12.2 Å². The maximum atomic E-state index is 12.4. The van der Waals surface area contributed by atoms with Gasteiger partial charge in [-0.1, -0.05) is 26.2 Å². The number of amides is 1. The number of nitrogens with one attached hydrogen (secondary N) is 1. The van der Waals surface area contributed by atoms with Gasteiger partial charge in [0.1, 0.15) is 0 Å². The first-order valence-electron chi connectivity index (χ1n) is 8.17. The number of aliphatic hydroxyl groups is 1. The zero-order chi connectivity index (χ0) is 14.9. The third-order valence-corrected chi connectivity index (χ3v) is 6.06. The van der Waals surface area contributed by atoms with E-state index in [4.69, 9.17) is 0 Å². The summed E-state index contributed by atoms with van der Waals surface area (Å²) in [6.45, 7) is 2.67. The molecule has 1 atom stereocenters. The molecule has 1 heterocycles. The molecule has 3 nitrogen and oxygen atoms in total. The molecule has 0 spiro atoms. The summed E-state index contributed by atoms with van der Waals surface area (Å²) in [5.41, 5.74) is 1.42. The SMILES string of the molecule is CC1CCc2c(C(=O)NCC3(O)CCCCC3)csc2C1. The lowest BCUT2D eigenvalue weighted by atomic mass is 9.84. The third-order valence-electron chi connectivity index (χ3n) is 5.01. The molecule has 0 aromatic carbocycles. The Balaban J connectivity index is 1.63. The van der Waals surface area contributed by atoms with Crippen molar-refractivity contribution in [3.8, 4) is 0 Å². The molecule has 2 aliphatic rings. The quantitative estimate of drug-likeness (QED) is 0.900. The number of fused-ring (bicyclic) bond motifs is 1. The second-order valence-corrected chi connectivity index (χ2v) is 7.83. The summed E-state index contributed by atoms with van der Waals surface area (Å²) < 4.78 is 0. The fourth-order valence-electron chi connectivity index (χ4n) is 3.59. The normalized spacial score (nSPS) is 24.4. The Morgan fingerprint density at radius 3 is 2.95 bits per heavy atom. The van der Waals surface area contributed by atoms with Crippen molar-refractivity contribution in [2.24, 2.45) is 5.92 Å².